The molecule has 0 aromatic heterocycles. The molecule has 16 heavy (non-hydrogen) atoms. The molecule has 3 nitrogen and oxygen atoms in total. The monoisotopic (exact) mass is 221 g/mol. The fourth-order valence-electron chi connectivity index (χ4n) is 1.85. The second kappa shape index (κ2) is 5.32. The molecule has 0 aliphatic carbocycles. The van der Waals surface area contributed by atoms with Crippen LogP contribution < -0.4 is 10.5 Å². The lowest BCUT2D eigenvalue weighted by atomic mass is 10.1. The summed E-state index contributed by atoms with van der Waals surface area (Å²) in [5, 5.41) is 0. The summed E-state index contributed by atoms with van der Waals surface area (Å²) in [6, 6.07) is 8.15. The normalized spacial score (nSPS) is 22.0. The van der Waals surface area contributed by atoms with Gasteiger partial charge in [-0.15, -0.1) is 0 Å². The second-order valence-electron chi connectivity index (χ2n) is 4.19. The highest BCUT2D eigenvalue weighted by Crippen LogP contribution is 2.22. The molecule has 3 heteroatoms. The van der Waals surface area contributed by atoms with Crippen molar-refractivity contribution in [1.82, 2.24) is 0 Å². The maximum atomic E-state index is 5.99. The van der Waals surface area contributed by atoms with Crippen LogP contribution in [0.4, 0.5) is 0 Å². The van der Waals surface area contributed by atoms with Crippen LogP contribution in [0.3, 0.4) is 0 Å². The van der Waals surface area contributed by atoms with Gasteiger partial charge in [0, 0.05) is 12.5 Å². The lowest BCUT2D eigenvalue weighted by Gasteiger charge is -2.14. The minimum absolute atomic E-state index is 0.100. The molecule has 1 aliphatic heterocycles. The Bertz CT molecular complexity index is 334. The van der Waals surface area contributed by atoms with Gasteiger partial charge in [0.05, 0.1) is 13.2 Å². The molecule has 1 heterocycles. The van der Waals surface area contributed by atoms with Gasteiger partial charge in [0.15, 0.2) is 0 Å². The Morgan fingerprint density at radius 3 is 3.12 bits per heavy atom. The largest absolute Gasteiger partial charge is 0.488 e. The van der Waals surface area contributed by atoms with Crippen molar-refractivity contribution < 1.29 is 9.47 Å². The number of hydrogen-bond donors (Lipinski definition) is 1. The highest BCUT2D eigenvalue weighted by molar-refractivity contribution is 5.30. The highest BCUT2D eigenvalue weighted by atomic mass is 16.5. The predicted molar refractivity (Wildman–Crippen MR) is 63.5 cm³/mol. The SMILES string of the molecule is CCC(N)c1cccc(OC2CCOC2)c1. The van der Waals surface area contributed by atoms with Gasteiger partial charge in [0.2, 0.25) is 0 Å². The number of nitrogens with two attached hydrogens (primary N) is 1. The topological polar surface area (TPSA) is 44.5 Å². The molecular formula is C13H19NO2. The molecule has 2 rings (SSSR count). The van der Waals surface area contributed by atoms with Crippen LogP contribution in [0.2, 0.25) is 0 Å². The maximum Gasteiger partial charge on any atom is 0.124 e. The quantitative estimate of drug-likeness (QED) is 0.848. The summed E-state index contributed by atoms with van der Waals surface area (Å²) in [7, 11) is 0. The Kier molecular flexibility index (Phi) is 3.80. The van der Waals surface area contributed by atoms with Crippen molar-refractivity contribution in [1.29, 1.82) is 0 Å². The third-order valence-corrected chi connectivity index (χ3v) is 2.92. The van der Waals surface area contributed by atoms with Gasteiger partial charge < -0.3 is 15.2 Å². The first-order chi connectivity index (χ1) is 7.79. The number of rotatable bonds is 4. The van der Waals surface area contributed by atoms with E-state index in [1.54, 1.807) is 0 Å². The van der Waals surface area contributed by atoms with Gasteiger partial charge in [0.25, 0.3) is 0 Å². The van der Waals surface area contributed by atoms with Crippen molar-refractivity contribution in [2.24, 2.45) is 5.73 Å². The molecule has 2 atom stereocenters. The van der Waals surface area contributed by atoms with Crippen molar-refractivity contribution in [3.63, 3.8) is 0 Å². The van der Waals surface area contributed by atoms with Crippen LogP contribution in [0.15, 0.2) is 24.3 Å². The zero-order valence-electron chi connectivity index (χ0n) is 9.69. The van der Waals surface area contributed by atoms with Crippen LogP contribution >= 0.6 is 0 Å². The molecule has 1 aliphatic rings. The fraction of sp³-hybridized carbons (Fsp3) is 0.538. The summed E-state index contributed by atoms with van der Waals surface area (Å²) >= 11 is 0. The van der Waals surface area contributed by atoms with Crippen LogP contribution in [0, 0.1) is 0 Å². The van der Waals surface area contributed by atoms with Crippen LogP contribution in [0.1, 0.15) is 31.4 Å². The van der Waals surface area contributed by atoms with E-state index in [2.05, 4.69) is 6.92 Å². The lowest BCUT2D eigenvalue weighted by molar-refractivity contribution is 0.141. The minimum atomic E-state index is 0.100. The molecule has 0 radical (unpaired) electrons. The Hall–Kier alpha value is -1.06. The van der Waals surface area contributed by atoms with Gasteiger partial charge in [-0.25, -0.2) is 0 Å². The average molecular weight is 221 g/mol. The van der Waals surface area contributed by atoms with E-state index in [0.29, 0.717) is 6.61 Å². The Balaban J connectivity index is 2.03. The third-order valence-electron chi connectivity index (χ3n) is 2.92. The van der Waals surface area contributed by atoms with Crippen LogP contribution in [-0.4, -0.2) is 19.3 Å². The summed E-state index contributed by atoms with van der Waals surface area (Å²) in [5.41, 5.74) is 7.13. The Morgan fingerprint density at radius 1 is 1.56 bits per heavy atom. The lowest BCUT2D eigenvalue weighted by Crippen LogP contribution is -2.16. The average Bonchev–Trinajstić information content (AvgIpc) is 2.81. The Morgan fingerprint density at radius 2 is 2.44 bits per heavy atom. The van der Waals surface area contributed by atoms with Gasteiger partial charge in [-0.3, -0.25) is 0 Å². The Labute approximate surface area is 96.5 Å². The number of hydrogen-bond acceptors (Lipinski definition) is 3. The molecule has 0 saturated carbocycles. The van der Waals surface area contributed by atoms with Crippen molar-refractivity contribution >= 4 is 0 Å². The molecule has 0 amide bonds. The van der Waals surface area contributed by atoms with Crippen molar-refractivity contribution in [2.45, 2.75) is 31.9 Å². The van der Waals surface area contributed by atoms with Crippen LogP contribution in [0.25, 0.3) is 0 Å². The molecule has 0 spiro atoms. The second-order valence-corrected chi connectivity index (χ2v) is 4.19. The van der Waals surface area contributed by atoms with Crippen molar-refractivity contribution in [2.75, 3.05) is 13.2 Å². The molecule has 1 aromatic carbocycles. The van der Waals surface area contributed by atoms with Gasteiger partial charge in [0.1, 0.15) is 11.9 Å². The molecule has 2 unspecified atom stereocenters. The van der Waals surface area contributed by atoms with E-state index in [4.69, 9.17) is 15.2 Å². The summed E-state index contributed by atoms with van der Waals surface area (Å²) in [6.07, 6.45) is 2.12. The van der Waals surface area contributed by atoms with Crippen LogP contribution in [-0.2, 0) is 4.74 Å². The highest BCUT2D eigenvalue weighted by Gasteiger charge is 2.17. The molecule has 0 bridgehead atoms. The van der Waals surface area contributed by atoms with E-state index < -0.39 is 0 Å². The number of ether oxygens (including phenoxy) is 2. The van der Waals surface area contributed by atoms with Gasteiger partial charge in [-0.2, -0.15) is 0 Å². The first-order valence-electron chi connectivity index (χ1n) is 5.89. The predicted octanol–water partition coefficient (Wildman–Crippen LogP) is 2.26. The molecule has 2 N–H and O–H groups in total. The molecule has 88 valence electrons. The molecule has 1 fully saturated rings. The van der Waals surface area contributed by atoms with Gasteiger partial charge in [-0.05, 0) is 24.1 Å². The fourth-order valence-corrected chi connectivity index (χ4v) is 1.85. The first-order valence-corrected chi connectivity index (χ1v) is 5.89. The zero-order valence-corrected chi connectivity index (χ0v) is 9.69. The van der Waals surface area contributed by atoms with Crippen LogP contribution in [0.5, 0.6) is 5.75 Å². The third kappa shape index (κ3) is 2.74. The molecule has 1 aromatic rings. The first kappa shape index (κ1) is 11.4. The maximum absolute atomic E-state index is 5.99. The zero-order chi connectivity index (χ0) is 11.4. The van der Waals surface area contributed by atoms with Gasteiger partial charge >= 0.3 is 0 Å². The summed E-state index contributed by atoms with van der Waals surface area (Å²) in [6.45, 7) is 3.59. The molecular weight excluding hydrogens is 202 g/mol. The van der Waals surface area contributed by atoms with E-state index in [9.17, 15) is 0 Å². The van der Waals surface area contributed by atoms with E-state index in [-0.39, 0.29) is 12.1 Å². The van der Waals surface area contributed by atoms with E-state index in [0.717, 1.165) is 30.8 Å². The van der Waals surface area contributed by atoms with E-state index in [1.165, 1.54) is 0 Å². The summed E-state index contributed by atoms with van der Waals surface area (Å²) in [5.74, 6) is 0.900. The van der Waals surface area contributed by atoms with Crippen molar-refractivity contribution in [3.05, 3.63) is 29.8 Å². The van der Waals surface area contributed by atoms with Gasteiger partial charge in [-0.1, -0.05) is 19.1 Å². The summed E-state index contributed by atoms with van der Waals surface area (Å²) < 4.78 is 11.1. The number of benzene rings is 1. The molecule has 1 saturated heterocycles. The van der Waals surface area contributed by atoms with E-state index in [1.807, 2.05) is 24.3 Å². The van der Waals surface area contributed by atoms with E-state index >= 15 is 0 Å². The smallest absolute Gasteiger partial charge is 0.124 e. The standard InChI is InChI=1S/C13H19NO2/c1-2-13(14)10-4-3-5-11(8-10)16-12-6-7-15-9-12/h3-5,8,12-13H,2,6-7,9,14H2,1H3. The van der Waals surface area contributed by atoms with Crippen molar-refractivity contribution in [3.8, 4) is 5.75 Å². The minimum Gasteiger partial charge on any atom is -0.488 e. The summed E-state index contributed by atoms with van der Waals surface area (Å²) in [4.78, 5) is 0.